The van der Waals surface area contributed by atoms with Crippen molar-refractivity contribution in [2.24, 2.45) is 0 Å². The van der Waals surface area contributed by atoms with Gasteiger partial charge in [-0.25, -0.2) is 4.79 Å². The van der Waals surface area contributed by atoms with Gasteiger partial charge in [0.1, 0.15) is 5.75 Å². The van der Waals surface area contributed by atoms with Gasteiger partial charge in [0, 0.05) is 4.47 Å². The molecule has 0 amide bonds. The maximum Gasteiger partial charge on any atom is 0.344 e. The molecule has 86 valence electrons. The molecule has 1 heterocycles. The van der Waals surface area contributed by atoms with E-state index in [1.54, 1.807) is 6.07 Å². The lowest BCUT2D eigenvalue weighted by atomic mass is 10.0. The highest BCUT2D eigenvalue weighted by molar-refractivity contribution is 9.10. The van der Waals surface area contributed by atoms with Crippen LogP contribution in [0.2, 0.25) is 0 Å². The Hall–Kier alpha value is -0.750. The number of aryl methyl sites for hydroxylation is 1. The van der Waals surface area contributed by atoms with Gasteiger partial charge in [0.05, 0.1) is 17.0 Å². The summed E-state index contributed by atoms with van der Waals surface area (Å²) in [7, 11) is 0. The average Bonchev–Trinajstić information content (AvgIpc) is 2.27. The van der Waals surface area contributed by atoms with Crippen LogP contribution < -0.4 is 4.74 Å². The molecule has 1 atom stereocenters. The molecule has 1 aliphatic rings. The van der Waals surface area contributed by atoms with Crippen LogP contribution in [0.5, 0.6) is 5.75 Å². The van der Waals surface area contributed by atoms with Crippen molar-refractivity contribution in [1.82, 2.24) is 0 Å². The summed E-state index contributed by atoms with van der Waals surface area (Å²) in [5, 5.41) is 8.85. The predicted molar refractivity (Wildman–Crippen MR) is 61.5 cm³/mol. The summed E-state index contributed by atoms with van der Waals surface area (Å²) in [6.45, 7) is 0. The Bertz CT molecular complexity index is 421. The summed E-state index contributed by atoms with van der Waals surface area (Å²) >= 11 is 3.34. The fraction of sp³-hybridized carbons (Fsp3) is 0.300. The first-order chi connectivity index (χ1) is 7.61. The van der Waals surface area contributed by atoms with Crippen molar-refractivity contribution in [2.75, 3.05) is 0 Å². The van der Waals surface area contributed by atoms with Crippen LogP contribution in [0.15, 0.2) is 21.5 Å². The number of carbonyl (C=O) groups is 1. The van der Waals surface area contributed by atoms with Crippen LogP contribution in [0.3, 0.4) is 0 Å². The Morgan fingerprint density at radius 1 is 1.62 bits per heavy atom. The topological polar surface area (TPSA) is 46.5 Å². The molecule has 0 fully saturated rings. The Labute approximate surface area is 104 Å². The van der Waals surface area contributed by atoms with E-state index in [0.717, 1.165) is 10.0 Å². The van der Waals surface area contributed by atoms with Gasteiger partial charge >= 0.3 is 5.97 Å². The molecule has 0 aliphatic carbocycles. The number of halogens is 2. The van der Waals surface area contributed by atoms with Crippen LogP contribution in [-0.2, 0) is 11.2 Å². The average molecular weight is 307 g/mol. The van der Waals surface area contributed by atoms with E-state index in [1.807, 2.05) is 6.07 Å². The molecule has 1 unspecified atom stereocenters. The molecule has 0 aromatic heterocycles. The third kappa shape index (κ3) is 2.17. The van der Waals surface area contributed by atoms with Gasteiger partial charge in [-0.3, -0.25) is 0 Å². The Balaban J connectivity index is 2.39. The minimum atomic E-state index is -1.01. The van der Waals surface area contributed by atoms with E-state index in [9.17, 15) is 8.68 Å². The molecular weight excluding hydrogens is 299 g/mol. The first kappa shape index (κ1) is 11.7. The zero-order valence-electron chi connectivity index (χ0n) is 8.07. The molecule has 1 N–H and O–H groups in total. The second-order valence-corrected chi connectivity index (χ2v) is 4.96. The monoisotopic (exact) mass is 306 g/mol. The number of hydrogen-bond donors (Lipinski definition) is 1. The van der Waals surface area contributed by atoms with Crippen molar-refractivity contribution in [3.63, 3.8) is 0 Å². The van der Waals surface area contributed by atoms with Gasteiger partial charge in [-0.2, -0.15) is 3.89 Å². The lowest BCUT2D eigenvalue weighted by Crippen LogP contribution is -2.31. The fourth-order valence-electron chi connectivity index (χ4n) is 1.66. The number of hydrogen-bond acceptors (Lipinski definition) is 3. The van der Waals surface area contributed by atoms with Crippen molar-refractivity contribution in [3.8, 4) is 5.75 Å². The highest BCUT2D eigenvalue weighted by Gasteiger charge is 2.28. The highest BCUT2D eigenvalue weighted by Crippen LogP contribution is 2.40. The van der Waals surface area contributed by atoms with Crippen molar-refractivity contribution in [2.45, 2.75) is 23.8 Å². The van der Waals surface area contributed by atoms with E-state index < -0.39 is 12.1 Å². The molecule has 1 aliphatic heterocycles. The van der Waals surface area contributed by atoms with E-state index >= 15 is 0 Å². The molecule has 6 heteroatoms. The van der Waals surface area contributed by atoms with Crippen LogP contribution in [0.4, 0.5) is 3.89 Å². The van der Waals surface area contributed by atoms with Gasteiger partial charge in [-0.1, -0.05) is 15.9 Å². The van der Waals surface area contributed by atoms with Gasteiger partial charge in [0.15, 0.2) is 6.10 Å². The molecule has 1 aromatic rings. The third-order valence-corrected chi connectivity index (χ3v) is 3.32. The quantitative estimate of drug-likeness (QED) is 0.911. The zero-order chi connectivity index (χ0) is 11.7. The fourth-order valence-corrected chi connectivity index (χ4v) is 2.74. The molecular formula is C10H8BrFO3S. The summed E-state index contributed by atoms with van der Waals surface area (Å²) in [6.07, 6.45) is 0.119. The Kier molecular flexibility index (Phi) is 3.39. The SMILES string of the molecule is O=C(O)C1CCc2cc(Br)cc(SF)c2O1. The van der Waals surface area contributed by atoms with Gasteiger partial charge in [-0.05, 0) is 30.5 Å². The summed E-state index contributed by atoms with van der Waals surface area (Å²) in [5.41, 5.74) is 0.840. The lowest BCUT2D eigenvalue weighted by molar-refractivity contribution is -0.145. The number of ether oxygens (including phenoxy) is 1. The smallest absolute Gasteiger partial charge is 0.344 e. The molecule has 0 saturated carbocycles. The number of fused-ring (bicyclic) bond motifs is 1. The minimum Gasteiger partial charge on any atom is -0.479 e. The molecule has 16 heavy (non-hydrogen) atoms. The predicted octanol–water partition coefficient (Wildman–Crippen LogP) is 3.20. The summed E-state index contributed by atoms with van der Waals surface area (Å²) in [4.78, 5) is 11.1. The Morgan fingerprint density at radius 3 is 3.00 bits per heavy atom. The molecule has 0 bridgehead atoms. The van der Waals surface area contributed by atoms with Crippen LogP contribution in [-0.4, -0.2) is 17.2 Å². The second kappa shape index (κ2) is 4.63. The van der Waals surface area contributed by atoms with Crippen molar-refractivity contribution in [3.05, 3.63) is 22.2 Å². The molecule has 2 rings (SSSR count). The van der Waals surface area contributed by atoms with E-state index in [-0.39, 0.29) is 12.1 Å². The molecule has 0 radical (unpaired) electrons. The van der Waals surface area contributed by atoms with Crippen molar-refractivity contribution in [1.29, 1.82) is 0 Å². The van der Waals surface area contributed by atoms with Crippen LogP contribution in [0.25, 0.3) is 0 Å². The third-order valence-electron chi connectivity index (χ3n) is 2.39. The van der Waals surface area contributed by atoms with E-state index in [2.05, 4.69) is 15.9 Å². The normalized spacial score (nSPS) is 18.8. The summed E-state index contributed by atoms with van der Waals surface area (Å²) < 4.78 is 18.7. The molecule has 3 nitrogen and oxygen atoms in total. The first-order valence-electron chi connectivity index (χ1n) is 4.62. The van der Waals surface area contributed by atoms with Crippen molar-refractivity contribution < 1.29 is 18.5 Å². The van der Waals surface area contributed by atoms with Gasteiger partial charge < -0.3 is 9.84 Å². The molecule has 0 saturated heterocycles. The number of carboxylic acid groups (broad SMARTS) is 1. The zero-order valence-corrected chi connectivity index (χ0v) is 10.5. The molecule has 1 aromatic carbocycles. The van der Waals surface area contributed by atoms with Crippen LogP contribution in [0, 0.1) is 0 Å². The lowest BCUT2D eigenvalue weighted by Gasteiger charge is -2.24. The minimum absolute atomic E-state index is 0.0634. The van der Waals surface area contributed by atoms with E-state index in [4.69, 9.17) is 9.84 Å². The second-order valence-electron chi connectivity index (χ2n) is 3.45. The Morgan fingerprint density at radius 2 is 2.38 bits per heavy atom. The number of carboxylic acids is 1. The van der Waals surface area contributed by atoms with Gasteiger partial charge in [-0.15, -0.1) is 0 Å². The highest BCUT2D eigenvalue weighted by atomic mass is 79.9. The largest absolute Gasteiger partial charge is 0.479 e. The maximum absolute atomic E-state index is 12.7. The maximum atomic E-state index is 12.7. The van der Waals surface area contributed by atoms with E-state index in [0.29, 0.717) is 23.5 Å². The van der Waals surface area contributed by atoms with E-state index in [1.165, 1.54) is 0 Å². The standard InChI is InChI=1S/C10H8BrFO3S/c11-6-3-5-1-2-7(10(13)14)15-9(5)8(4-6)16-12/h3-4,7H,1-2H2,(H,13,14). The van der Waals surface area contributed by atoms with Gasteiger partial charge in [0.2, 0.25) is 0 Å². The van der Waals surface area contributed by atoms with Gasteiger partial charge in [0.25, 0.3) is 0 Å². The molecule has 0 spiro atoms. The number of benzene rings is 1. The summed E-state index contributed by atoms with van der Waals surface area (Å²) in [5.74, 6) is -0.655. The van der Waals surface area contributed by atoms with Crippen LogP contribution >= 0.6 is 28.1 Å². The number of aliphatic carboxylic acids is 1. The van der Waals surface area contributed by atoms with Crippen LogP contribution in [0.1, 0.15) is 12.0 Å². The van der Waals surface area contributed by atoms with Crippen molar-refractivity contribution >= 4 is 34.0 Å². The first-order valence-corrected chi connectivity index (χ1v) is 6.13. The number of rotatable bonds is 2. The summed E-state index contributed by atoms with van der Waals surface area (Å²) in [6, 6.07) is 3.40.